The Bertz CT molecular complexity index is 1010. The van der Waals surface area contributed by atoms with Crippen molar-refractivity contribution in [2.75, 3.05) is 61.5 Å². The first-order chi connectivity index (χ1) is 36.8. The van der Waals surface area contributed by atoms with Crippen LogP contribution in [0.2, 0.25) is 0 Å². The summed E-state index contributed by atoms with van der Waals surface area (Å²) in [6, 6.07) is 0. The van der Waals surface area contributed by atoms with E-state index < -0.39 is 10.4 Å². The Morgan fingerprint density at radius 1 is 0.247 bits per heavy atom. The third-order valence-electron chi connectivity index (χ3n) is 16.7. The van der Waals surface area contributed by atoms with Crippen molar-refractivity contribution in [1.29, 1.82) is 0 Å². The molecule has 77 heavy (non-hydrogen) atoms. The number of hydrogen-bond donors (Lipinski definition) is 0. The van der Waals surface area contributed by atoms with Gasteiger partial charge in [-0.15, -0.1) is 0 Å². The molecule has 0 aliphatic rings. The molecule has 6 nitrogen and oxygen atoms in total. The van der Waals surface area contributed by atoms with Gasteiger partial charge in [0.2, 0.25) is 10.4 Å². The van der Waals surface area contributed by atoms with Gasteiger partial charge in [0.1, 0.15) is 0 Å². The molecule has 0 spiro atoms. The van der Waals surface area contributed by atoms with Gasteiger partial charge in [0.15, 0.2) is 0 Å². The monoisotopic (exact) mass is 1140 g/mol. The molecule has 8 heteroatoms. The molecule has 0 aromatic heterocycles. The summed E-state index contributed by atoms with van der Waals surface area (Å²) in [7, 11) is 6.25. The second kappa shape index (κ2) is 68.6. The number of hydrogen-bond acceptors (Lipinski definition) is 4. The van der Waals surface area contributed by atoms with E-state index >= 15 is 0 Å². The second-order valence-corrected chi connectivity index (χ2v) is 26.9. The summed E-state index contributed by atoms with van der Waals surface area (Å²) in [5, 5.41) is 0. The van der Waals surface area contributed by atoms with Gasteiger partial charge in [0, 0.05) is 0 Å². The van der Waals surface area contributed by atoms with Gasteiger partial charge in [-0.1, -0.05) is 336 Å². The summed E-state index contributed by atoms with van der Waals surface area (Å²) < 4.78 is 33.5. The molecule has 0 amide bonds. The Morgan fingerprint density at radius 2 is 0.338 bits per heavy atom. The highest BCUT2D eigenvalue weighted by molar-refractivity contribution is 7.80. The summed E-state index contributed by atoms with van der Waals surface area (Å²) in [5.74, 6) is 0. The average molecular weight is 1140 g/mol. The molecule has 0 aliphatic carbocycles. The second-order valence-electron chi connectivity index (χ2n) is 25.7. The molecular weight excluding hydrogens is 988 g/mol. The van der Waals surface area contributed by atoms with Crippen LogP contribution in [-0.2, 0) is 14.6 Å². The van der Waals surface area contributed by atoms with E-state index in [-0.39, 0.29) is 12.4 Å². The topological polar surface area (TPSA) is 66.4 Å². The van der Waals surface area contributed by atoms with Crippen LogP contribution in [-0.4, -0.2) is 83.4 Å². The minimum atomic E-state index is -4.41. The predicted molar refractivity (Wildman–Crippen MR) is 342 cm³/mol. The number of unbranched alkanes of at least 4 members (excludes halogenated alkanes) is 52. The van der Waals surface area contributed by atoms with Gasteiger partial charge in [0.25, 0.3) is 0 Å². The number of quaternary nitrogens is 2. The van der Waals surface area contributed by atoms with E-state index in [9.17, 15) is 13.0 Å². The zero-order chi connectivity index (χ0) is 56.6. The highest BCUT2D eigenvalue weighted by Gasteiger charge is 2.15. The van der Waals surface area contributed by atoms with Crippen molar-refractivity contribution in [1.82, 2.24) is 0 Å². The van der Waals surface area contributed by atoms with Crippen LogP contribution in [0, 0.1) is 0 Å². The molecule has 0 radical (unpaired) electrons. The van der Waals surface area contributed by atoms with Crippen LogP contribution in [0.15, 0.2) is 0 Å². The molecular formula is C69H147ClN2O4S. The average Bonchev–Trinajstić information content (AvgIpc) is 3.39. The van der Waals surface area contributed by atoms with Crippen molar-refractivity contribution in [2.24, 2.45) is 0 Å². The summed E-state index contributed by atoms with van der Waals surface area (Å²) >= 11 is 0. The molecule has 0 rings (SSSR count). The lowest BCUT2D eigenvalue weighted by molar-refractivity contribution is -0.890. The van der Waals surface area contributed by atoms with Gasteiger partial charge >= 0.3 is 0 Å². The Hall–Kier alpha value is 0.0800. The van der Waals surface area contributed by atoms with Crippen molar-refractivity contribution in [3.63, 3.8) is 0 Å². The van der Waals surface area contributed by atoms with Gasteiger partial charge in [-0.3, -0.25) is 4.18 Å². The van der Waals surface area contributed by atoms with Crippen LogP contribution in [0.5, 0.6) is 0 Å². The first kappa shape index (κ1) is 83.5. The van der Waals surface area contributed by atoms with Crippen LogP contribution < -0.4 is 12.4 Å². The Kier molecular flexibility index (Phi) is 74.4. The lowest BCUT2D eigenvalue weighted by atomic mass is 10.0. The van der Waals surface area contributed by atoms with Crippen molar-refractivity contribution in [2.45, 2.75) is 387 Å². The predicted octanol–water partition coefficient (Wildman–Crippen LogP) is 20.1. The Morgan fingerprint density at radius 3 is 0.429 bits per heavy atom. The van der Waals surface area contributed by atoms with Gasteiger partial charge in [-0.2, -0.15) is 0 Å². The maximum absolute atomic E-state index is 9.22. The van der Waals surface area contributed by atoms with Crippen LogP contribution in [0.3, 0.4) is 0 Å². The fourth-order valence-electron chi connectivity index (χ4n) is 11.2. The number of nitrogens with zero attached hydrogens (tertiary/aromatic N) is 2. The SMILES string of the molecule is CCCCCCCCCCCCCCCC[N+](C)(C)CCCCCCCCCCCCCCCC.CCCCCCCCCCCCCCCC[N+](C)(C)CCCCCCCCCCCCCCCC.COS(=O)(=O)[O-].[Cl-]. The fourth-order valence-corrected chi connectivity index (χ4v) is 11.2. The maximum atomic E-state index is 9.22. The van der Waals surface area contributed by atoms with Gasteiger partial charge < -0.3 is 25.9 Å². The fraction of sp³-hybridized carbons (Fsp3) is 1.00. The molecule has 0 N–H and O–H groups in total. The quantitative estimate of drug-likeness (QED) is 0.0263. The molecule has 0 saturated heterocycles. The number of halogens is 1. The van der Waals surface area contributed by atoms with Gasteiger partial charge in [-0.25, -0.2) is 8.42 Å². The molecule has 470 valence electrons. The van der Waals surface area contributed by atoms with Crippen LogP contribution in [0.1, 0.15) is 387 Å². The lowest BCUT2D eigenvalue weighted by Crippen LogP contribution is -3.00. The summed E-state index contributed by atoms with van der Waals surface area (Å²) in [6.07, 6.45) is 81.9. The molecule has 0 unspecified atom stereocenters. The van der Waals surface area contributed by atoms with Crippen molar-refractivity contribution in [3.05, 3.63) is 0 Å². The van der Waals surface area contributed by atoms with E-state index in [1.807, 2.05) is 0 Å². The summed E-state index contributed by atoms with van der Waals surface area (Å²) in [6.45, 7) is 14.8. The van der Waals surface area contributed by atoms with Crippen molar-refractivity contribution < 1.29 is 38.5 Å². The van der Waals surface area contributed by atoms with Crippen LogP contribution in [0.25, 0.3) is 0 Å². The van der Waals surface area contributed by atoms with E-state index in [1.54, 1.807) is 0 Å². The Balaban J connectivity index is -0.000000617. The molecule has 0 heterocycles. The largest absolute Gasteiger partial charge is 1.00 e. The van der Waals surface area contributed by atoms with E-state index in [0.717, 1.165) is 7.11 Å². The van der Waals surface area contributed by atoms with E-state index in [4.69, 9.17) is 0 Å². The van der Waals surface area contributed by atoms with Crippen LogP contribution in [0.4, 0.5) is 0 Å². The minimum absolute atomic E-state index is 0. The third-order valence-corrected chi connectivity index (χ3v) is 17.1. The lowest BCUT2D eigenvalue weighted by Gasteiger charge is -2.30. The summed E-state index contributed by atoms with van der Waals surface area (Å²) in [5.41, 5.74) is 0. The minimum Gasteiger partial charge on any atom is -1.00 e. The van der Waals surface area contributed by atoms with Crippen LogP contribution >= 0.6 is 0 Å². The zero-order valence-electron chi connectivity index (χ0n) is 54.7. The highest BCUT2D eigenvalue weighted by atomic mass is 35.5. The zero-order valence-corrected chi connectivity index (χ0v) is 56.3. The van der Waals surface area contributed by atoms with E-state index in [0.29, 0.717) is 0 Å². The molecule has 0 fully saturated rings. The van der Waals surface area contributed by atoms with Gasteiger partial charge in [-0.05, 0) is 51.4 Å². The first-order valence-corrected chi connectivity index (χ1v) is 36.3. The highest BCUT2D eigenvalue weighted by Crippen LogP contribution is 2.19. The standard InChI is InChI=1S/2C34H72N.CH4O4S.ClH/c2*1-5-7-9-11-13-15-17-19-21-23-25-27-29-31-33-35(3,4)34-32-30-28-26-24-22-20-18-16-14-12-10-8-6-2;1-5-6(2,3)4;/h2*5-34H2,1-4H3;1H3,(H,2,3,4);1H/q2*+1;;/p-2. The molecule has 0 aromatic rings. The molecule has 0 aliphatic heterocycles. The van der Waals surface area contributed by atoms with E-state index in [1.165, 1.54) is 395 Å². The third kappa shape index (κ3) is 82.6. The normalized spacial score (nSPS) is 11.8. The van der Waals surface area contributed by atoms with Crippen molar-refractivity contribution >= 4 is 10.4 Å². The van der Waals surface area contributed by atoms with E-state index in [2.05, 4.69) is 60.1 Å². The molecule has 0 saturated carbocycles. The molecule has 0 bridgehead atoms. The summed E-state index contributed by atoms with van der Waals surface area (Å²) in [4.78, 5) is 0. The molecule has 0 aromatic carbocycles. The van der Waals surface area contributed by atoms with Gasteiger partial charge in [0.05, 0.1) is 61.5 Å². The smallest absolute Gasteiger partial charge is 0.217 e. The molecule has 0 atom stereocenters. The Labute approximate surface area is 495 Å². The van der Waals surface area contributed by atoms with Crippen molar-refractivity contribution in [3.8, 4) is 0 Å². The number of rotatable bonds is 61. The first-order valence-electron chi connectivity index (χ1n) is 35.0. The maximum Gasteiger partial charge on any atom is 0.217 e.